The number of thiophene rings is 1. The van der Waals surface area contributed by atoms with Gasteiger partial charge in [0.05, 0.1) is 11.4 Å². The highest BCUT2D eigenvalue weighted by Crippen LogP contribution is 2.28. The molecule has 2 fully saturated rings. The molecule has 2 amide bonds. The number of carbonyl (C=O) groups is 2. The number of aromatic nitrogens is 1. The van der Waals surface area contributed by atoms with Crippen LogP contribution >= 0.6 is 22.7 Å². The Bertz CT molecular complexity index is 760. The first-order valence-corrected chi connectivity index (χ1v) is 10.8. The highest BCUT2D eigenvalue weighted by atomic mass is 32.1. The Morgan fingerprint density at radius 2 is 1.77 bits per heavy atom. The number of likely N-dealkylation sites (tertiary alicyclic amines) is 1. The van der Waals surface area contributed by atoms with Gasteiger partial charge in [0.2, 0.25) is 5.91 Å². The fourth-order valence-electron chi connectivity index (χ4n) is 3.41. The summed E-state index contributed by atoms with van der Waals surface area (Å²) in [5, 5.41) is 4.76. The number of hydrogen-bond acceptors (Lipinski definition) is 6. The molecule has 4 heterocycles. The fraction of sp³-hybridized carbons (Fsp3) is 0.500. The Labute approximate surface area is 161 Å². The third kappa shape index (κ3) is 3.82. The molecule has 0 atom stereocenters. The van der Waals surface area contributed by atoms with E-state index in [1.54, 1.807) is 11.3 Å². The van der Waals surface area contributed by atoms with Gasteiger partial charge in [0.1, 0.15) is 10.7 Å². The molecular formula is C18H22N4O2S2. The average Bonchev–Trinajstić information content (AvgIpc) is 3.43. The molecule has 2 saturated heterocycles. The van der Waals surface area contributed by atoms with Crippen LogP contribution in [0.15, 0.2) is 22.9 Å². The molecule has 6 nitrogen and oxygen atoms in total. The van der Waals surface area contributed by atoms with Gasteiger partial charge in [0.25, 0.3) is 5.91 Å². The lowest BCUT2D eigenvalue weighted by Crippen LogP contribution is -2.51. The van der Waals surface area contributed by atoms with Crippen molar-refractivity contribution in [3.05, 3.63) is 28.6 Å². The normalized spacial score (nSPS) is 18.5. The number of carbonyl (C=O) groups excluding carboxylic acids is 2. The van der Waals surface area contributed by atoms with Crippen molar-refractivity contribution < 1.29 is 9.59 Å². The van der Waals surface area contributed by atoms with Crippen LogP contribution in [0.4, 0.5) is 0 Å². The van der Waals surface area contributed by atoms with Crippen LogP contribution in [0.5, 0.6) is 0 Å². The predicted octanol–water partition coefficient (Wildman–Crippen LogP) is 2.25. The van der Waals surface area contributed by atoms with E-state index in [1.165, 1.54) is 11.3 Å². The molecule has 0 unspecified atom stereocenters. The summed E-state index contributed by atoms with van der Waals surface area (Å²) in [6, 6.07) is 4.01. The lowest BCUT2D eigenvalue weighted by Gasteiger charge is -2.34. The molecule has 2 aliphatic rings. The zero-order valence-corrected chi connectivity index (χ0v) is 16.2. The molecule has 0 spiro atoms. The van der Waals surface area contributed by atoms with E-state index in [-0.39, 0.29) is 11.8 Å². The van der Waals surface area contributed by atoms with E-state index in [1.807, 2.05) is 32.7 Å². The molecule has 26 heavy (non-hydrogen) atoms. The molecule has 0 bridgehead atoms. The van der Waals surface area contributed by atoms with E-state index in [0.29, 0.717) is 25.3 Å². The minimum atomic E-state index is -0.00502. The molecular weight excluding hydrogens is 368 g/mol. The van der Waals surface area contributed by atoms with Crippen LogP contribution in [0.2, 0.25) is 0 Å². The van der Waals surface area contributed by atoms with Crippen LogP contribution in [0.25, 0.3) is 9.88 Å². The number of nitrogens with zero attached hydrogens (tertiary/aromatic N) is 4. The van der Waals surface area contributed by atoms with Crippen LogP contribution in [0.3, 0.4) is 0 Å². The van der Waals surface area contributed by atoms with Crippen LogP contribution in [0, 0.1) is 0 Å². The van der Waals surface area contributed by atoms with Crippen molar-refractivity contribution in [2.45, 2.75) is 12.8 Å². The van der Waals surface area contributed by atoms with Gasteiger partial charge in [-0.1, -0.05) is 6.07 Å². The van der Waals surface area contributed by atoms with Crippen molar-refractivity contribution in [3.63, 3.8) is 0 Å². The van der Waals surface area contributed by atoms with Gasteiger partial charge in [-0.25, -0.2) is 4.98 Å². The van der Waals surface area contributed by atoms with Gasteiger partial charge < -0.3 is 9.80 Å². The summed E-state index contributed by atoms with van der Waals surface area (Å²) >= 11 is 3.15. The second kappa shape index (κ2) is 7.85. The monoisotopic (exact) mass is 390 g/mol. The number of rotatable bonds is 4. The third-order valence-corrected chi connectivity index (χ3v) is 6.81. The van der Waals surface area contributed by atoms with E-state index >= 15 is 0 Å². The molecule has 2 aromatic rings. The molecule has 0 aliphatic carbocycles. The van der Waals surface area contributed by atoms with Crippen LogP contribution in [-0.4, -0.2) is 77.3 Å². The van der Waals surface area contributed by atoms with Crippen molar-refractivity contribution in [2.24, 2.45) is 0 Å². The first-order chi connectivity index (χ1) is 12.7. The largest absolute Gasteiger partial charge is 0.342 e. The Morgan fingerprint density at radius 3 is 2.46 bits per heavy atom. The van der Waals surface area contributed by atoms with Crippen LogP contribution in [-0.2, 0) is 4.79 Å². The van der Waals surface area contributed by atoms with E-state index in [2.05, 4.69) is 9.88 Å². The van der Waals surface area contributed by atoms with Gasteiger partial charge in [-0.15, -0.1) is 22.7 Å². The van der Waals surface area contributed by atoms with Gasteiger partial charge in [-0.3, -0.25) is 14.5 Å². The van der Waals surface area contributed by atoms with Gasteiger partial charge >= 0.3 is 0 Å². The predicted molar refractivity (Wildman–Crippen MR) is 104 cm³/mol. The number of thiazole rings is 1. The van der Waals surface area contributed by atoms with Crippen molar-refractivity contribution in [1.29, 1.82) is 0 Å². The van der Waals surface area contributed by atoms with Gasteiger partial charge in [-0.05, 0) is 24.3 Å². The quantitative estimate of drug-likeness (QED) is 0.804. The zero-order valence-electron chi connectivity index (χ0n) is 14.6. The van der Waals surface area contributed by atoms with Gasteiger partial charge in [-0.2, -0.15) is 0 Å². The molecule has 8 heteroatoms. The van der Waals surface area contributed by atoms with E-state index in [9.17, 15) is 9.59 Å². The Morgan fingerprint density at radius 1 is 1.00 bits per heavy atom. The first-order valence-electron chi connectivity index (χ1n) is 8.99. The third-order valence-electron chi connectivity index (χ3n) is 4.93. The Hall–Kier alpha value is -1.77. The molecule has 2 aromatic heterocycles. The molecule has 0 N–H and O–H groups in total. The maximum atomic E-state index is 12.7. The van der Waals surface area contributed by atoms with Crippen LogP contribution in [0.1, 0.15) is 23.3 Å². The first kappa shape index (κ1) is 17.6. The van der Waals surface area contributed by atoms with Gasteiger partial charge in [0, 0.05) is 44.6 Å². The summed E-state index contributed by atoms with van der Waals surface area (Å²) < 4.78 is 0. The highest BCUT2D eigenvalue weighted by molar-refractivity contribution is 7.20. The summed E-state index contributed by atoms with van der Waals surface area (Å²) in [5.74, 6) is 0.219. The number of amides is 2. The maximum absolute atomic E-state index is 12.7. The zero-order chi connectivity index (χ0) is 17.9. The maximum Gasteiger partial charge on any atom is 0.273 e. The van der Waals surface area contributed by atoms with Crippen molar-refractivity contribution in [3.8, 4) is 9.88 Å². The lowest BCUT2D eigenvalue weighted by molar-refractivity contribution is -0.131. The van der Waals surface area contributed by atoms with E-state index < -0.39 is 0 Å². The summed E-state index contributed by atoms with van der Waals surface area (Å²) in [7, 11) is 0. The summed E-state index contributed by atoms with van der Waals surface area (Å²) in [6.45, 7) is 5.05. The standard InChI is InChI=1S/C18H22N4O2S2/c23-16(21-5-1-2-6-21)12-20-7-9-22(10-8-20)18(24)14-13-26-17(19-14)15-4-3-11-25-15/h3-4,11,13H,1-2,5-10,12H2. The van der Waals surface area contributed by atoms with Crippen molar-refractivity contribution in [1.82, 2.24) is 19.7 Å². The lowest BCUT2D eigenvalue weighted by atomic mass is 10.2. The summed E-state index contributed by atoms with van der Waals surface area (Å²) in [5.41, 5.74) is 0.528. The molecule has 0 saturated carbocycles. The minimum Gasteiger partial charge on any atom is -0.342 e. The molecule has 0 radical (unpaired) electrons. The number of hydrogen-bond donors (Lipinski definition) is 0. The molecule has 138 valence electrons. The van der Waals surface area contributed by atoms with E-state index in [0.717, 1.165) is 48.9 Å². The van der Waals surface area contributed by atoms with Crippen LogP contribution < -0.4 is 0 Å². The van der Waals surface area contributed by atoms with E-state index in [4.69, 9.17) is 0 Å². The average molecular weight is 391 g/mol. The number of piperazine rings is 1. The Kier molecular flexibility index (Phi) is 5.33. The second-order valence-corrected chi connectivity index (χ2v) is 8.48. The second-order valence-electron chi connectivity index (χ2n) is 6.67. The van der Waals surface area contributed by atoms with Crippen molar-refractivity contribution in [2.75, 3.05) is 45.8 Å². The molecule has 4 rings (SSSR count). The summed E-state index contributed by atoms with van der Waals surface area (Å²) in [6.07, 6.45) is 2.24. The smallest absolute Gasteiger partial charge is 0.273 e. The minimum absolute atomic E-state index is 0.00502. The van der Waals surface area contributed by atoms with Crippen molar-refractivity contribution >= 4 is 34.5 Å². The molecule has 0 aromatic carbocycles. The highest BCUT2D eigenvalue weighted by Gasteiger charge is 2.26. The molecule has 2 aliphatic heterocycles. The Balaban J connectivity index is 1.30. The summed E-state index contributed by atoms with van der Waals surface area (Å²) in [4.78, 5) is 36.5. The van der Waals surface area contributed by atoms with Gasteiger partial charge in [0.15, 0.2) is 0 Å². The fourth-order valence-corrected chi connectivity index (χ4v) is 5.02. The SMILES string of the molecule is O=C(CN1CCN(C(=O)c2csc(-c3cccs3)n2)CC1)N1CCCC1. The topological polar surface area (TPSA) is 56.8 Å².